The number of rotatable bonds is 0. The summed E-state index contributed by atoms with van der Waals surface area (Å²) in [6.07, 6.45) is 0.114. The Morgan fingerprint density at radius 1 is 1.56 bits per heavy atom. The van der Waals surface area contributed by atoms with Crippen molar-refractivity contribution in [1.29, 1.82) is 0 Å². The van der Waals surface area contributed by atoms with E-state index in [1.807, 2.05) is 0 Å². The molecule has 2 rings (SSSR count). The summed E-state index contributed by atoms with van der Waals surface area (Å²) in [5, 5.41) is 9.28. The summed E-state index contributed by atoms with van der Waals surface area (Å²) >= 11 is 0. The topological polar surface area (TPSA) is 32.8 Å². The molecule has 2 aliphatic rings. The zero-order valence-corrected chi connectivity index (χ0v) is 6.79. The van der Waals surface area contributed by atoms with Crippen molar-refractivity contribution >= 4 is 8.07 Å². The molecule has 0 saturated carbocycles. The van der Waals surface area contributed by atoms with E-state index in [2.05, 4.69) is 13.1 Å². The third-order valence-corrected chi connectivity index (χ3v) is 5.89. The van der Waals surface area contributed by atoms with Crippen LogP contribution in [-0.4, -0.2) is 31.1 Å². The Morgan fingerprint density at radius 3 is 2.33 bits per heavy atom. The Labute approximate surface area is 55.8 Å². The number of fused-ring (bicyclic) bond motifs is 1. The monoisotopic (exact) mass is 144 g/mol. The van der Waals surface area contributed by atoms with Gasteiger partial charge in [-0.15, -0.1) is 0 Å². The van der Waals surface area contributed by atoms with Gasteiger partial charge < -0.3 is 9.84 Å². The van der Waals surface area contributed by atoms with Gasteiger partial charge in [-0.2, -0.15) is 0 Å². The van der Waals surface area contributed by atoms with E-state index in [4.69, 9.17) is 4.74 Å². The zero-order chi connectivity index (χ0) is 6.65. The van der Waals surface area contributed by atoms with Gasteiger partial charge in [0.2, 0.25) is 0 Å². The van der Waals surface area contributed by atoms with Gasteiger partial charge in [0, 0.05) is 0 Å². The highest BCUT2D eigenvalue weighted by Crippen LogP contribution is 2.44. The lowest BCUT2D eigenvalue weighted by Crippen LogP contribution is -2.30. The van der Waals surface area contributed by atoms with Crippen LogP contribution < -0.4 is 0 Å². The first-order valence-corrected chi connectivity index (χ1v) is 6.73. The molecule has 0 aromatic carbocycles. The molecule has 3 atom stereocenters. The molecule has 0 amide bonds. The molecule has 2 nitrogen and oxygen atoms in total. The van der Waals surface area contributed by atoms with Crippen LogP contribution in [0.15, 0.2) is 0 Å². The second-order valence-electron chi connectivity index (χ2n) is 3.78. The summed E-state index contributed by atoms with van der Waals surface area (Å²) in [6.45, 7) is 4.57. The molecule has 9 heavy (non-hydrogen) atoms. The lowest BCUT2D eigenvalue weighted by molar-refractivity contribution is 0.149. The second kappa shape index (κ2) is 1.41. The Kier molecular flexibility index (Phi) is 0.923. The lowest BCUT2D eigenvalue weighted by Gasteiger charge is -2.15. The average Bonchev–Trinajstić information content (AvgIpc) is 2.33. The Bertz CT molecular complexity index is 146. The van der Waals surface area contributed by atoms with Gasteiger partial charge in [-0.3, -0.25) is 0 Å². The first kappa shape index (κ1) is 5.89. The molecule has 0 bridgehead atoms. The molecular formula is C6H12O2Si. The fourth-order valence-electron chi connectivity index (χ4n) is 1.82. The molecule has 0 spiro atoms. The SMILES string of the molecule is C[Si]1(C)CC(O)C2OC21. The maximum absolute atomic E-state index is 9.28. The summed E-state index contributed by atoms with van der Waals surface area (Å²) in [6, 6.07) is 1.04. The van der Waals surface area contributed by atoms with E-state index in [-0.39, 0.29) is 12.2 Å². The molecule has 0 aromatic heterocycles. The van der Waals surface area contributed by atoms with Gasteiger partial charge in [0.1, 0.15) is 6.10 Å². The molecule has 0 aliphatic carbocycles. The van der Waals surface area contributed by atoms with Crippen LogP contribution >= 0.6 is 0 Å². The molecule has 3 heteroatoms. The van der Waals surface area contributed by atoms with Crippen LogP contribution in [0.4, 0.5) is 0 Å². The number of epoxide rings is 1. The highest BCUT2D eigenvalue weighted by Gasteiger charge is 2.61. The van der Waals surface area contributed by atoms with Crippen LogP contribution in [0.3, 0.4) is 0 Å². The van der Waals surface area contributed by atoms with Crippen LogP contribution in [0, 0.1) is 0 Å². The first-order chi connectivity index (χ1) is 4.11. The standard InChI is InChI=1S/C6H12O2Si/c1-9(2)3-4(7)5-6(9)8-5/h4-7H,3H2,1-2H3. The molecule has 0 aromatic rings. The van der Waals surface area contributed by atoms with Crippen molar-refractivity contribution in [3.8, 4) is 0 Å². The smallest absolute Gasteiger partial charge is 0.106 e. The number of hydrogen-bond donors (Lipinski definition) is 1. The van der Waals surface area contributed by atoms with E-state index in [1.165, 1.54) is 0 Å². The number of ether oxygens (including phenoxy) is 1. The highest BCUT2D eigenvalue weighted by atomic mass is 28.3. The van der Waals surface area contributed by atoms with E-state index < -0.39 is 8.07 Å². The molecule has 52 valence electrons. The van der Waals surface area contributed by atoms with Crippen LogP contribution in [0.2, 0.25) is 19.1 Å². The molecule has 0 radical (unpaired) electrons. The summed E-state index contributed by atoms with van der Waals surface area (Å²) in [4.78, 5) is 0. The molecule has 3 unspecified atom stereocenters. The average molecular weight is 144 g/mol. The Balaban J connectivity index is 2.17. The summed E-state index contributed by atoms with van der Waals surface area (Å²) in [5.74, 6) is 0. The third kappa shape index (κ3) is 0.686. The molecule has 2 heterocycles. The molecule has 2 fully saturated rings. The molecule has 2 aliphatic heterocycles. The highest BCUT2D eigenvalue weighted by molar-refractivity contribution is 6.80. The summed E-state index contributed by atoms with van der Waals surface area (Å²) in [5.41, 5.74) is 0.493. The largest absolute Gasteiger partial charge is 0.391 e. The Morgan fingerprint density at radius 2 is 2.22 bits per heavy atom. The van der Waals surface area contributed by atoms with Crippen molar-refractivity contribution in [2.75, 3.05) is 0 Å². The van der Waals surface area contributed by atoms with Crippen LogP contribution in [0.25, 0.3) is 0 Å². The van der Waals surface area contributed by atoms with Crippen molar-refractivity contribution in [1.82, 2.24) is 0 Å². The van der Waals surface area contributed by atoms with Gasteiger partial charge in [-0.1, -0.05) is 13.1 Å². The number of hydrogen-bond acceptors (Lipinski definition) is 2. The van der Waals surface area contributed by atoms with E-state index in [9.17, 15) is 5.11 Å². The fourth-order valence-corrected chi connectivity index (χ4v) is 5.00. The van der Waals surface area contributed by atoms with Gasteiger partial charge in [0.15, 0.2) is 0 Å². The quantitative estimate of drug-likeness (QED) is 0.394. The van der Waals surface area contributed by atoms with Gasteiger partial charge in [0.05, 0.1) is 19.9 Å². The van der Waals surface area contributed by atoms with Crippen molar-refractivity contribution in [3.63, 3.8) is 0 Å². The van der Waals surface area contributed by atoms with Crippen LogP contribution in [0.1, 0.15) is 0 Å². The van der Waals surface area contributed by atoms with Crippen molar-refractivity contribution < 1.29 is 9.84 Å². The Hall–Kier alpha value is 0.137. The normalized spacial score (nSPS) is 53.0. The molecular weight excluding hydrogens is 132 g/mol. The number of aliphatic hydroxyl groups is 1. The minimum Gasteiger partial charge on any atom is -0.391 e. The third-order valence-electron chi connectivity index (χ3n) is 2.41. The van der Waals surface area contributed by atoms with E-state index in [0.717, 1.165) is 6.04 Å². The second-order valence-corrected chi connectivity index (χ2v) is 8.74. The zero-order valence-electron chi connectivity index (χ0n) is 5.79. The maximum Gasteiger partial charge on any atom is 0.106 e. The predicted octanol–water partition coefficient (Wildman–Crippen LogP) is 0.376. The summed E-state index contributed by atoms with van der Waals surface area (Å²) in [7, 11) is -1.10. The molecule has 1 N–H and O–H groups in total. The minimum atomic E-state index is -1.10. The number of aliphatic hydroxyl groups excluding tert-OH is 1. The van der Waals surface area contributed by atoms with Gasteiger partial charge >= 0.3 is 0 Å². The van der Waals surface area contributed by atoms with Gasteiger partial charge in [0.25, 0.3) is 0 Å². The van der Waals surface area contributed by atoms with E-state index in [0.29, 0.717) is 5.73 Å². The lowest BCUT2D eigenvalue weighted by atomic mass is 10.3. The van der Waals surface area contributed by atoms with E-state index in [1.54, 1.807) is 0 Å². The predicted molar refractivity (Wildman–Crippen MR) is 37.0 cm³/mol. The maximum atomic E-state index is 9.28. The molecule has 2 saturated heterocycles. The van der Waals surface area contributed by atoms with Crippen molar-refractivity contribution in [2.24, 2.45) is 0 Å². The summed E-state index contributed by atoms with van der Waals surface area (Å²) < 4.78 is 5.29. The van der Waals surface area contributed by atoms with Crippen molar-refractivity contribution in [3.05, 3.63) is 0 Å². The minimum absolute atomic E-state index is 0.128. The van der Waals surface area contributed by atoms with Crippen LogP contribution in [-0.2, 0) is 4.74 Å². The van der Waals surface area contributed by atoms with Gasteiger partial charge in [-0.25, -0.2) is 0 Å². The first-order valence-electron chi connectivity index (χ1n) is 3.45. The van der Waals surface area contributed by atoms with Crippen molar-refractivity contribution in [2.45, 2.75) is 37.1 Å². The van der Waals surface area contributed by atoms with E-state index >= 15 is 0 Å². The van der Waals surface area contributed by atoms with Gasteiger partial charge in [-0.05, 0) is 6.04 Å². The fraction of sp³-hybridized carbons (Fsp3) is 1.00. The van der Waals surface area contributed by atoms with Crippen LogP contribution in [0.5, 0.6) is 0 Å².